The number of carbonyl (C=O) groups excluding carboxylic acids is 1. The zero-order chi connectivity index (χ0) is 21.2. The van der Waals surface area contributed by atoms with Crippen LogP contribution >= 0.6 is 11.3 Å². The molecule has 5 aromatic rings. The first-order valence-electron chi connectivity index (χ1n) is 9.89. The van der Waals surface area contributed by atoms with Crippen LogP contribution in [0.2, 0.25) is 0 Å². The summed E-state index contributed by atoms with van der Waals surface area (Å²) in [4.78, 5) is 17.1. The molecule has 0 fully saturated rings. The number of aromatic nitrogens is 1. The van der Waals surface area contributed by atoms with E-state index in [0.717, 1.165) is 38.3 Å². The van der Waals surface area contributed by atoms with Gasteiger partial charge in [-0.25, -0.2) is 0 Å². The number of anilines is 2. The smallest absolute Gasteiger partial charge is 0.258 e. The fraction of sp³-hybridized carbons (Fsp3) is 0. The van der Waals surface area contributed by atoms with Crippen LogP contribution in [0, 0.1) is 0 Å². The van der Waals surface area contributed by atoms with Crippen molar-refractivity contribution in [2.24, 2.45) is 5.73 Å². The lowest BCUT2D eigenvalue weighted by Gasteiger charge is -2.11. The van der Waals surface area contributed by atoms with E-state index in [1.54, 1.807) is 0 Å². The maximum atomic E-state index is 11.9. The van der Waals surface area contributed by atoms with Crippen molar-refractivity contribution in [3.63, 3.8) is 0 Å². The average Bonchev–Trinajstić information content (AvgIpc) is 3.27. The van der Waals surface area contributed by atoms with Crippen molar-refractivity contribution < 1.29 is 4.79 Å². The van der Waals surface area contributed by atoms with Crippen LogP contribution in [-0.2, 0) is 0 Å². The molecule has 0 bridgehead atoms. The van der Waals surface area contributed by atoms with Crippen molar-refractivity contribution in [1.82, 2.24) is 4.98 Å². The van der Waals surface area contributed by atoms with Crippen LogP contribution in [0.3, 0.4) is 0 Å². The van der Waals surface area contributed by atoms with Gasteiger partial charge in [0.1, 0.15) is 0 Å². The highest BCUT2D eigenvalue weighted by Crippen LogP contribution is 2.38. The lowest BCUT2D eigenvalue weighted by atomic mass is 10.1. The first kappa shape index (κ1) is 19.0. The quantitative estimate of drug-likeness (QED) is 0.342. The Balaban J connectivity index is 1.54. The number of rotatable bonds is 5. The number of nitrogens with two attached hydrogens (primary N) is 1. The molecule has 4 nitrogen and oxygen atoms in total. The Bertz CT molecular complexity index is 1360. The van der Waals surface area contributed by atoms with Crippen LogP contribution < -0.4 is 11.1 Å². The number of fused-ring (bicyclic) bond motifs is 1. The molecule has 1 amide bonds. The largest absolute Gasteiger partial charge is 0.365 e. The van der Waals surface area contributed by atoms with Gasteiger partial charge in [0.05, 0.1) is 27.2 Å². The van der Waals surface area contributed by atoms with Crippen molar-refractivity contribution >= 4 is 38.7 Å². The van der Waals surface area contributed by atoms with Crippen LogP contribution in [0.15, 0.2) is 97.2 Å². The molecular formula is C26H19N3OS. The van der Waals surface area contributed by atoms with E-state index in [1.807, 2.05) is 72.9 Å². The van der Waals surface area contributed by atoms with Crippen LogP contribution in [-0.4, -0.2) is 10.9 Å². The number of pyridine rings is 1. The zero-order valence-corrected chi connectivity index (χ0v) is 17.4. The molecule has 5 rings (SSSR count). The number of benzene rings is 3. The van der Waals surface area contributed by atoms with Gasteiger partial charge in [0.2, 0.25) is 0 Å². The van der Waals surface area contributed by atoms with Crippen molar-refractivity contribution in [2.45, 2.75) is 0 Å². The minimum absolute atomic E-state index is 0.432. The molecule has 0 unspecified atom stereocenters. The van der Waals surface area contributed by atoms with E-state index in [-0.39, 0.29) is 0 Å². The molecule has 3 N–H and O–H groups in total. The van der Waals surface area contributed by atoms with Gasteiger partial charge in [-0.2, -0.15) is 0 Å². The lowest BCUT2D eigenvalue weighted by molar-refractivity contribution is 0.100. The molecule has 5 heteroatoms. The van der Waals surface area contributed by atoms with Gasteiger partial charge in [-0.15, -0.1) is 11.3 Å². The molecule has 0 atom stereocenters. The van der Waals surface area contributed by atoms with Crippen LogP contribution in [0.1, 0.15) is 9.67 Å². The second-order valence-electron chi connectivity index (χ2n) is 7.17. The molecule has 0 saturated carbocycles. The van der Waals surface area contributed by atoms with Gasteiger partial charge in [0.15, 0.2) is 0 Å². The highest BCUT2D eigenvalue weighted by atomic mass is 32.1. The number of nitrogens with one attached hydrogen (secondary N) is 1. The molecule has 0 saturated heterocycles. The van der Waals surface area contributed by atoms with E-state index >= 15 is 0 Å². The van der Waals surface area contributed by atoms with Crippen LogP contribution in [0.5, 0.6) is 0 Å². The summed E-state index contributed by atoms with van der Waals surface area (Å²) in [5, 5.41) is 4.38. The second kappa shape index (κ2) is 8.05. The van der Waals surface area contributed by atoms with Gasteiger partial charge in [0, 0.05) is 16.6 Å². The molecule has 2 aromatic heterocycles. The maximum Gasteiger partial charge on any atom is 0.258 e. The Labute approximate surface area is 184 Å². The summed E-state index contributed by atoms with van der Waals surface area (Å²) in [6.07, 6.45) is 1.81. The van der Waals surface area contributed by atoms with Crippen molar-refractivity contribution in [1.29, 1.82) is 0 Å². The molecule has 2 heterocycles. The van der Waals surface area contributed by atoms with Crippen molar-refractivity contribution in [3.8, 4) is 22.4 Å². The molecule has 31 heavy (non-hydrogen) atoms. The number of carbonyl (C=O) groups is 1. The highest BCUT2D eigenvalue weighted by molar-refractivity contribution is 7.21. The lowest BCUT2D eigenvalue weighted by Crippen LogP contribution is -2.08. The van der Waals surface area contributed by atoms with Gasteiger partial charge in [-0.1, -0.05) is 72.8 Å². The fourth-order valence-electron chi connectivity index (χ4n) is 3.58. The second-order valence-corrected chi connectivity index (χ2v) is 8.22. The third kappa shape index (κ3) is 3.79. The molecule has 0 aliphatic rings. The number of amides is 1. The van der Waals surface area contributed by atoms with E-state index in [0.29, 0.717) is 4.88 Å². The van der Waals surface area contributed by atoms with Gasteiger partial charge >= 0.3 is 0 Å². The number of hydrogen-bond donors (Lipinski definition) is 2. The molecule has 0 aliphatic carbocycles. The SMILES string of the molecule is NC(=O)c1cc2c(Nc3ccc(-c4ccccc4)cc3)cnc(-c3ccccc3)c2s1. The van der Waals surface area contributed by atoms with Gasteiger partial charge < -0.3 is 11.1 Å². The minimum Gasteiger partial charge on any atom is -0.365 e. The monoisotopic (exact) mass is 421 g/mol. The molecule has 0 aliphatic heterocycles. The number of hydrogen-bond acceptors (Lipinski definition) is 4. The summed E-state index contributed by atoms with van der Waals surface area (Å²) in [5.74, 6) is -0.432. The van der Waals surface area contributed by atoms with Crippen molar-refractivity contribution in [2.75, 3.05) is 5.32 Å². The summed E-state index contributed by atoms with van der Waals surface area (Å²) in [7, 11) is 0. The topological polar surface area (TPSA) is 68.0 Å². The summed E-state index contributed by atoms with van der Waals surface area (Å²) >= 11 is 1.37. The maximum absolute atomic E-state index is 11.9. The Morgan fingerprint density at radius 1 is 0.806 bits per heavy atom. The molecular weight excluding hydrogens is 402 g/mol. The van der Waals surface area contributed by atoms with E-state index in [9.17, 15) is 4.79 Å². The Hall–Kier alpha value is -3.96. The third-order valence-electron chi connectivity index (χ3n) is 5.12. The van der Waals surface area contributed by atoms with Gasteiger partial charge in [-0.05, 0) is 29.3 Å². The Kier molecular flexibility index (Phi) is 4.94. The number of nitrogens with zero attached hydrogens (tertiary/aromatic N) is 1. The first-order chi connectivity index (χ1) is 15.2. The first-order valence-corrected chi connectivity index (χ1v) is 10.7. The zero-order valence-electron chi connectivity index (χ0n) is 16.6. The standard InChI is InChI=1S/C26H19N3OS/c27-26(30)23-15-21-22(16-28-24(25(21)31-23)19-9-5-2-6-10-19)29-20-13-11-18(12-14-20)17-7-3-1-4-8-17/h1-16,29H,(H2,27,30). The van der Waals surface area contributed by atoms with E-state index in [4.69, 9.17) is 10.7 Å². The van der Waals surface area contributed by atoms with Gasteiger partial charge in [-0.3, -0.25) is 9.78 Å². The predicted octanol–water partition coefficient (Wildman–Crippen LogP) is 6.47. The van der Waals surface area contributed by atoms with Crippen LogP contribution in [0.4, 0.5) is 11.4 Å². The number of primary amides is 1. The van der Waals surface area contributed by atoms with Gasteiger partial charge in [0.25, 0.3) is 5.91 Å². The van der Waals surface area contributed by atoms with Crippen molar-refractivity contribution in [3.05, 3.63) is 102 Å². The van der Waals surface area contributed by atoms with E-state index in [1.165, 1.54) is 16.9 Å². The summed E-state index contributed by atoms with van der Waals surface area (Å²) in [6, 6.07) is 30.3. The third-order valence-corrected chi connectivity index (χ3v) is 6.28. The minimum atomic E-state index is -0.432. The summed E-state index contributed by atoms with van der Waals surface area (Å²) in [6.45, 7) is 0. The van der Waals surface area contributed by atoms with E-state index < -0.39 is 5.91 Å². The number of thiophene rings is 1. The molecule has 3 aromatic carbocycles. The van der Waals surface area contributed by atoms with Crippen LogP contribution in [0.25, 0.3) is 32.5 Å². The van der Waals surface area contributed by atoms with E-state index in [2.05, 4.69) is 29.6 Å². The molecule has 150 valence electrons. The molecule has 0 radical (unpaired) electrons. The normalized spacial score (nSPS) is 10.8. The summed E-state index contributed by atoms with van der Waals surface area (Å²) in [5.41, 5.74) is 11.5. The fourth-order valence-corrected chi connectivity index (χ4v) is 4.62. The average molecular weight is 422 g/mol. The molecule has 0 spiro atoms. The summed E-state index contributed by atoms with van der Waals surface area (Å²) < 4.78 is 0.936. The Morgan fingerprint density at radius 2 is 1.42 bits per heavy atom. The highest BCUT2D eigenvalue weighted by Gasteiger charge is 2.16. The predicted molar refractivity (Wildman–Crippen MR) is 129 cm³/mol. The Morgan fingerprint density at radius 3 is 2.06 bits per heavy atom.